The van der Waals surface area contributed by atoms with Crippen LogP contribution >= 0.6 is 0 Å². The van der Waals surface area contributed by atoms with Crippen LogP contribution in [-0.4, -0.2) is 54.5 Å². The summed E-state index contributed by atoms with van der Waals surface area (Å²) in [5.74, 6) is 0.882. The first kappa shape index (κ1) is 20.3. The number of quaternary nitrogens is 1. The zero-order valence-electron chi connectivity index (χ0n) is 15.4. The molecule has 0 saturated carbocycles. The maximum atomic E-state index is 12.3. The van der Waals surface area contributed by atoms with Crippen molar-refractivity contribution < 1.29 is 14.4 Å². The number of unbranched alkanes of at least 4 members (excludes halogenated alkanes) is 9. The second-order valence-corrected chi connectivity index (χ2v) is 7.13. The number of amidine groups is 1. The first-order valence-corrected chi connectivity index (χ1v) is 9.67. The van der Waals surface area contributed by atoms with Gasteiger partial charge in [0, 0.05) is 6.42 Å². The highest BCUT2D eigenvalue weighted by Gasteiger charge is 2.37. The topological polar surface area (TPSA) is 49.7 Å². The van der Waals surface area contributed by atoms with Gasteiger partial charge < -0.3 is 5.11 Å². The number of rotatable bonds is 14. The zero-order chi connectivity index (χ0) is 17.0. The van der Waals surface area contributed by atoms with Crippen molar-refractivity contribution in [2.75, 3.05) is 33.3 Å². The summed E-state index contributed by atoms with van der Waals surface area (Å²) in [4.78, 5) is 16.7. The normalized spacial score (nSPS) is 20.7. The molecule has 1 unspecified atom stereocenters. The molecule has 134 valence electrons. The summed E-state index contributed by atoms with van der Waals surface area (Å²) in [6.45, 7) is 4.53. The average Bonchev–Trinajstić information content (AvgIpc) is 2.91. The van der Waals surface area contributed by atoms with Crippen LogP contribution in [0.3, 0.4) is 0 Å². The molecule has 0 bridgehead atoms. The van der Waals surface area contributed by atoms with Gasteiger partial charge in [-0.3, -0.25) is 9.28 Å². The van der Waals surface area contributed by atoms with E-state index in [0.29, 0.717) is 23.3 Å². The number of likely N-dealkylation sites (N-methyl/N-ethyl adjacent to an activating group) is 1. The second kappa shape index (κ2) is 11.7. The number of nitrogens with zero attached hydrogens (tertiary/aromatic N) is 2. The summed E-state index contributed by atoms with van der Waals surface area (Å²) in [6, 6.07) is 0. The fourth-order valence-electron chi connectivity index (χ4n) is 3.37. The Kier molecular flexibility index (Phi) is 10.4. The number of hydrogen-bond donors (Lipinski definition) is 1. The first-order valence-electron chi connectivity index (χ1n) is 9.67. The van der Waals surface area contributed by atoms with Gasteiger partial charge in [0.1, 0.15) is 13.1 Å². The molecule has 0 spiro atoms. The molecule has 1 rings (SSSR count). The SMILES string of the molecule is CCCCCCCCCCCCC(=O)C1=NCC[N+]1(C)CCO. The van der Waals surface area contributed by atoms with E-state index in [1.165, 1.54) is 51.4 Å². The number of ketones is 1. The van der Waals surface area contributed by atoms with Crippen LogP contribution in [0, 0.1) is 0 Å². The van der Waals surface area contributed by atoms with E-state index in [-0.39, 0.29) is 12.4 Å². The van der Waals surface area contributed by atoms with Crippen molar-refractivity contribution in [1.29, 1.82) is 0 Å². The molecule has 1 atom stereocenters. The smallest absolute Gasteiger partial charge is 0.267 e. The molecule has 0 fully saturated rings. The monoisotopic (exact) mass is 325 g/mol. The fraction of sp³-hybridized carbons (Fsp3) is 0.895. The summed E-state index contributed by atoms with van der Waals surface area (Å²) in [5, 5.41) is 9.17. The molecular weight excluding hydrogens is 288 g/mol. The highest BCUT2D eigenvalue weighted by atomic mass is 16.3. The van der Waals surface area contributed by atoms with Crippen molar-refractivity contribution in [3.8, 4) is 0 Å². The Morgan fingerprint density at radius 2 is 1.61 bits per heavy atom. The second-order valence-electron chi connectivity index (χ2n) is 7.13. The van der Waals surface area contributed by atoms with Crippen molar-refractivity contribution in [3.63, 3.8) is 0 Å². The quantitative estimate of drug-likeness (QED) is 0.391. The molecule has 0 aliphatic carbocycles. The van der Waals surface area contributed by atoms with Crippen LogP contribution in [0.4, 0.5) is 0 Å². The van der Waals surface area contributed by atoms with Crippen molar-refractivity contribution in [3.05, 3.63) is 0 Å². The Morgan fingerprint density at radius 1 is 1.04 bits per heavy atom. The molecule has 1 aliphatic heterocycles. The highest BCUT2D eigenvalue weighted by Crippen LogP contribution is 2.16. The third-order valence-electron chi connectivity index (χ3n) is 4.97. The first-order chi connectivity index (χ1) is 11.1. The molecule has 0 aromatic heterocycles. The maximum Gasteiger partial charge on any atom is 0.267 e. The van der Waals surface area contributed by atoms with Gasteiger partial charge in [-0.15, -0.1) is 0 Å². The number of Topliss-reactive ketones (excluding diaryl/α,β-unsaturated/α-hetero) is 1. The largest absolute Gasteiger partial charge is 0.390 e. The molecule has 1 heterocycles. The van der Waals surface area contributed by atoms with E-state index in [2.05, 4.69) is 11.9 Å². The molecule has 0 radical (unpaired) electrons. The van der Waals surface area contributed by atoms with E-state index in [1.54, 1.807) is 0 Å². The standard InChI is InChI=1S/C19H37N2O2/c1-3-4-5-6-7-8-9-10-11-12-13-18(23)19-20-14-15-21(19,2)16-17-22/h22H,3-17H2,1-2H3/q+1. The Morgan fingerprint density at radius 3 is 2.17 bits per heavy atom. The van der Waals surface area contributed by atoms with E-state index in [0.717, 1.165) is 25.9 Å². The van der Waals surface area contributed by atoms with E-state index < -0.39 is 0 Å². The van der Waals surface area contributed by atoms with Crippen LogP contribution in [0.25, 0.3) is 0 Å². The molecule has 0 saturated heterocycles. The average molecular weight is 326 g/mol. The van der Waals surface area contributed by atoms with Crippen LogP contribution < -0.4 is 0 Å². The minimum absolute atomic E-state index is 0.112. The third kappa shape index (κ3) is 7.58. The van der Waals surface area contributed by atoms with Crippen LogP contribution in [0.15, 0.2) is 4.99 Å². The Hall–Kier alpha value is -0.740. The number of aliphatic imine (C=N–C) groups is 1. The van der Waals surface area contributed by atoms with E-state index >= 15 is 0 Å². The Balaban J connectivity index is 2.06. The zero-order valence-corrected chi connectivity index (χ0v) is 15.4. The summed E-state index contributed by atoms with van der Waals surface area (Å²) in [5.41, 5.74) is 0. The number of carbonyl (C=O) groups is 1. The lowest BCUT2D eigenvalue weighted by Gasteiger charge is -2.28. The van der Waals surface area contributed by atoms with Gasteiger partial charge in [-0.2, -0.15) is 0 Å². The van der Waals surface area contributed by atoms with Gasteiger partial charge in [0.05, 0.1) is 20.2 Å². The van der Waals surface area contributed by atoms with E-state index in [9.17, 15) is 9.90 Å². The van der Waals surface area contributed by atoms with Crippen molar-refractivity contribution >= 4 is 11.6 Å². The summed E-state index contributed by atoms with van der Waals surface area (Å²) in [6.07, 6.45) is 13.5. The lowest BCUT2D eigenvalue weighted by Crippen LogP contribution is -2.51. The Bertz CT molecular complexity index is 368. The third-order valence-corrected chi connectivity index (χ3v) is 4.97. The predicted octanol–water partition coefficient (Wildman–Crippen LogP) is 3.72. The molecule has 0 aromatic rings. The number of carbonyl (C=O) groups excluding carboxylic acids is 1. The molecule has 4 heteroatoms. The summed E-state index contributed by atoms with van der Waals surface area (Å²) in [7, 11) is 2.01. The lowest BCUT2D eigenvalue weighted by atomic mass is 10.0. The highest BCUT2D eigenvalue weighted by molar-refractivity contribution is 6.36. The maximum absolute atomic E-state index is 12.3. The summed E-state index contributed by atoms with van der Waals surface area (Å²) < 4.78 is 0.521. The predicted molar refractivity (Wildman–Crippen MR) is 96.8 cm³/mol. The summed E-state index contributed by atoms with van der Waals surface area (Å²) >= 11 is 0. The molecule has 1 N–H and O–H groups in total. The minimum atomic E-state index is 0.112. The van der Waals surface area contributed by atoms with E-state index in [4.69, 9.17) is 0 Å². The molecule has 0 amide bonds. The van der Waals surface area contributed by atoms with Gasteiger partial charge >= 0.3 is 0 Å². The number of aliphatic hydroxyl groups excluding tert-OH is 1. The molecule has 0 aromatic carbocycles. The number of aliphatic hydroxyl groups is 1. The van der Waals surface area contributed by atoms with Crippen molar-refractivity contribution in [2.24, 2.45) is 4.99 Å². The number of hydrogen-bond acceptors (Lipinski definition) is 3. The van der Waals surface area contributed by atoms with Gasteiger partial charge in [0.25, 0.3) is 5.84 Å². The Labute approximate surface area is 142 Å². The fourth-order valence-corrected chi connectivity index (χ4v) is 3.37. The molecule has 23 heavy (non-hydrogen) atoms. The lowest BCUT2D eigenvalue weighted by molar-refractivity contribution is -0.812. The van der Waals surface area contributed by atoms with Gasteiger partial charge in [0.2, 0.25) is 5.78 Å². The van der Waals surface area contributed by atoms with E-state index in [1.807, 2.05) is 7.05 Å². The van der Waals surface area contributed by atoms with Crippen molar-refractivity contribution in [1.82, 2.24) is 0 Å². The van der Waals surface area contributed by atoms with Gasteiger partial charge in [-0.05, 0) is 6.42 Å². The van der Waals surface area contributed by atoms with Crippen LogP contribution in [0.1, 0.15) is 77.6 Å². The van der Waals surface area contributed by atoms with Crippen LogP contribution in [0.2, 0.25) is 0 Å². The van der Waals surface area contributed by atoms with Gasteiger partial charge in [-0.1, -0.05) is 64.7 Å². The van der Waals surface area contributed by atoms with Crippen LogP contribution in [0.5, 0.6) is 0 Å². The van der Waals surface area contributed by atoms with Gasteiger partial charge in [0.15, 0.2) is 0 Å². The molecule has 1 aliphatic rings. The van der Waals surface area contributed by atoms with Gasteiger partial charge in [-0.25, -0.2) is 4.99 Å². The molecule has 4 nitrogen and oxygen atoms in total. The van der Waals surface area contributed by atoms with Crippen LogP contribution in [-0.2, 0) is 4.79 Å². The van der Waals surface area contributed by atoms with Crippen molar-refractivity contribution in [2.45, 2.75) is 77.6 Å². The minimum Gasteiger partial charge on any atom is -0.390 e. The molecular formula is C19H37N2O2+.